The average molecular weight is 289 g/mol. The monoisotopic (exact) mass is 289 g/mol. The lowest BCUT2D eigenvalue weighted by Gasteiger charge is -2.26. The van der Waals surface area contributed by atoms with Crippen molar-refractivity contribution >= 4 is 12.0 Å². The molecule has 0 atom stereocenters. The average Bonchev–Trinajstić information content (AvgIpc) is 2.41. The van der Waals surface area contributed by atoms with E-state index in [-0.39, 0.29) is 18.9 Å². The van der Waals surface area contributed by atoms with Crippen LogP contribution in [-0.4, -0.2) is 22.5 Å². The molecule has 4 heteroatoms. The molecule has 21 heavy (non-hydrogen) atoms. The van der Waals surface area contributed by atoms with E-state index >= 15 is 0 Å². The Morgan fingerprint density at radius 1 is 1.24 bits per heavy atom. The van der Waals surface area contributed by atoms with Crippen molar-refractivity contribution in [2.45, 2.75) is 45.8 Å². The van der Waals surface area contributed by atoms with Gasteiger partial charge in [-0.05, 0) is 32.8 Å². The first kappa shape index (κ1) is 17.0. The zero-order valence-corrected chi connectivity index (χ0v) is 13.0. The largest absolute Gasteiger partial charge is 0.443 e. The number of nitrogens with zero attached hydrogens (tertiary/aromatic N) is 1. The van der Waals surface area contributed by atoms with E-state index in [1.807, 2.05) is 30.3 Å². The summed E-state index contributed by atoms with van der Waals surface area (Å²) in [5, 5.41) is 0. The number of hydrogen-bond donors (Lipinski definition) is 0. The summed E-state index contributed by atoms with van der Waals surface area (Å²) in [6, 6.07) is 9.38. The van der Waals surface area contributed by atoms with Gasteiger partial charge in [0.15, 0.2) is 0 Å². The van der Waals surface area contributed by atoms with E-state index in [1.165, 1.54) is 0 Å². The number of rotatable bonds is 5. The molecule has 1 aromatic rings. The molecular formula is C17H23NO3. The normalized spacial score (nSPS) is 10.8. The third kappa shape index (κ3) is 6.25. The summed E-state index contributed by atoms with van der Waals surface area (Å²) < 4.78 is 5.31. The van der Waals surface area contributed by atoms with Crippen LogP contribution in [0.4, 0.5) is 4.79 Å². The maximum Gasteiger partial charge on any atom is 0.417 e. The topological polar surface area (TPSA) is 46.6 Å². The van der Waals surface area contributed by atoms with Gasteiger partial charge >= 0.3 is 6.09 Å². The molecule has 0 N–H and O–H groups in total. The Hall–Kier alpha value is -2.10. The van der Waals surface area contributed by atoms with E-state index < -0.39 is 11.7 Å². The van der Waals surface area contributed by atoms with Crippen molar-refractivity contribution in [1.29, 1.82) is 0 Å². The van der Waals surface area contributed by atoms with Gasteiger partial charge in [-0.3, -0.25) is 4.79 Å². The van der Waals surface area contributed by atoms with Gasteiger partial charge in [-0.15, -0.1) is 6.58 Å². The Kier molecular flexibility index (Phi) is 6.15. The Bertz CT molecular complexity index is 489. The van der Waals surface area contributed by atoms with E-state index in [0.717, 1.165) is 10.5 Å². The first-order chi connectivity index (χ1) is 9.83. The number of allylic oxidation sites excluding steroid dienone is 1. The first-order valence-corrected chi connectivity index (χ1v) is 7.01. The van der Waals surface area contributed by atoms with Crippen LogP contribution in [-0.2, 0) is 16.1 Å². The zero-order chi connectivity index (χ0) is 15.9. The summed E-state index contributed by atoms with van der Waals surface area (Å²) in [5.74, 6) is -0.256. The molecule has 4 nitrogen and oxygen atoms in total. The maximum absolute atomic E-state index is 12.2. The van der Waals surface area contributed by atoms with Gasteiger partial charge in [0.1, 0.15) is 5.60 Å². The molecular weight excluding hydrogens is 266 g/mol. The Morgan fingerprint density at radius 2 is 1.86 bits per heavy atom. The predicted octanol–water partition coefficient (Wildman–Crippen LogP) is 3.92. The molecule has 0 bridgehead atoms. The molecule has 0 spiro atoms. The summed E-state index contributed by atoms with van der Waals surface area (Å²) in [7, 11) is 0. The van der Waals surface area contributed by atoms with Crippen LogP contribution in [0.3, 0.4) is 0 Å². The minimum absolute atomic E-state index is 0.214. The molecule has 1 rings (SSSR count). The van der Waals surface area contributed by atoms with Gasteiger partial charge in [0, 0.05) is 6.42 Å². The SMILES string of the molecule is C=CCCC(=O)N(Cc1ccccc1)C(=O)OC(C)(C)C. The van der Waals surface area contributed by atoms with Crippen LogP contribution in [0.5, 0.6) is 0 Å². The molecule has 0 saturated heterocycles. The second kappa shape index (κ2) is 7.62. The molecule has 0 radical (unpaired) electrons. The Labute approximate surface area is 126 Å². The number of carbonyl (C=O) groups excluding carboxylic acids is 2. The zero-order valence-electron chi connectivity index (χ0n) is 13.0. The minimum Gasteiger partial charge on any atom is -0.443 e. The number of carbonyl (C=O) groups is 2. The highest BCUT2D eigenvalue weighted by Crippen LogP contribution is 2.14. The molecule has 0 heterocycles. The van der Waals surface area contributed by atoms with Crippen molar-refractivity contribution in [2.75, 3.05) is 0 Å². The highest BCUT2D eigenvalue weighted by molar-refractivity contribution is 5.92. The standard InChI is InChI=1S/C17H23NO3/c1-5-6-12-15(19)18(16(20)21-17(2,3)4)13-14-10-8-7-9-11-14/h5,7-11H,1,6,12-13H2,2-4H3. The van der Waals surface area contributed by atoms with Crippen molar-refractivity contribution in [2.24, 2.45) is 0 Å². The second-order valence-corrected chi connectivity index (χ2v) is 5.77. The van der Waals surface area contributed by atoms with Crippen molar-refractivity contribution in [3.8, 4) is 0 Å². The van der Waals surface area contributed by atoms with Gasteiger partial charge in [-0.2, -0.15) is 0 Å². The van der Waals surface area contributed by atoms with Gasteiger partial charge in [0.2, 0.25) is 5.91 Å². The fourth-order valence-corrected chi connectivity index (χ4v) is 1.70. The molecule has 0 aliphatic rings. The summed E-state index contributed by atoms with van der Waals surface area (Å²) in [4.78, 5) is 25.6. The van der Waals surface area contributed by atoms with E-state index in [9.17, 15) is 9.59 Å². The van der Waals surface area contributed by atoms with Crippen molar-refractivity contribution in [3.63, 3.8) is 0 Å². The molecule has 0 aromatic heterocycles. The molecule has 1 aromatic carbocycles. The van der Waals surface area contributed by atoms with Crippen molar-refractivity contribution in [3.05, 3.63) is 48.6 Å². The van der Waals surface area contributed by atoms with Crippen LogP contribution in [0.1, 0.15) is 39.2 Å². The lowest BCUT2D eigenvalue weighted by molar-refractivity contribution is -0.130. The smallest absolute Gasteiger partial charge is 0.417 e. The van der Waals surface area contributed by atoms with Crippen LogP contribution in [0, 0.1) is 0 Å². The van der Waals surface area contributed by atoms with Crippen LogP contribution >= 0.6 is 0 Å². The molecule has 0 aliphatic carbocycles. The lowest BCUT2D eigenvalue weighted by Crippen LogP contribution is -2.40. The molecule has 0 saturated carbocycles. The molecule has 114 valence electrons. The minimum atomic E-state index is -0.634. The van der Waals surface area contributed by atoms with Gasteiger partial charge in [0.25, 0.3) is 0 Å². The van der Waals surface area contributed by atoms with Crippen LogP contribution in [0.15, 0.2) is 43.0 Å². The van der Waals surface area contributed by atoms with Crippen molar-refractivity contribution in [1.82, 2.24) is 4.90 Å². The summed E-state index contributed by atoms with van der Waals surface area (Å²) in [5.41, 5.74) is 0.250. The summed E-state index contributed by atoms with van der Waals surface area (Å²) in [6.07, 6.45) is 1.83. The third-order valence-electron chi connectivity index (χ3n) is 2.66. The van der Waals surface area contributed by atoms with Crippen molar-refractivity contribution < 1.29 is 14.3 Å². The van der Waals surface area contributed by atoms with Crippen LogP contribution in [0.25, 0.3) is 0 Å². The fourth-order valence-electron chi connectivity index (χ4n) is 1.70. The third-order valence-corrected chi connectivity index (χ3v) is 2.66. The molecule has 0 aliphatic heterocycles. The van der Waals surface area contributed by atoms with Gasteiger partial charge < -0.3 is 4.74 Å². The van der Waals surface area contributed by atoms with E-state index in [1.54, 1.807) is 26.8 Å². The van der Waals surface area contributed by atoms with Gasteiger partial charge in [-0.25, -0.2) is 9.69 Å². The Balaban J connectivity index is 2.86. The van der Waals surface area contributed by atoms with E-state index in [4.69, 9.17) is 4.74 Å². The Morgan fingerprint density at radius 3 is 2.38 bits per heavy atom. The highest BCUT2D eigenvalue weighted by Gasteiger charge is 2.26. The molecule has 2 amide bonds. The number of imide groups is 1. The quantitative estimate of drug-likeness (QED) is 0.772. The number of benzene rings is 1. The number of amides is 2. The van der Waals surface area contributed by atoms with E-state index in [0.29, 0.717) is 6.42 Å². The summed E-state index contributed by atoms with van der Waals surface area (Å²) in [6.45, 7) is 9.14. The first-order valence-electron chi connectivity index (χ1n) is 7.01. The lowest BCUT2D eigenvalue weighted by atomic mass is 10.2. The van der Waals surface area contributed by atoms with Gasteiger partial charge in [-0.1, -0.05) is 36.4 Å². The fraction of sp³-hybridized carbons (Fsp3) is 0.412. The summed E-state index contributed by atoms with van der Waals surface area (Å²) >= 11 is 0. The van der Waals surface area contributed by atoms with E-state index in [2.05, 4.69) is 6.58 Å². The van der Waals surface area contributed by atoms with Gasteiger partial charge in [0.05, 0.1) is 6.54 Å². The second-order valence-electron chi connectivity index (χ2n) is 5.77. The predicted molar refractivity (Wildman–Crippen MR) is 82.7 cm³/mol. The highest BCUT2D eigenvalue weighted by atomic mass is 16.6. The molecule has 0 fully saturated rings. The van der Waals surface area contributed by atoms with Crippen LogP contribution < -0.4 is 0 Å². The van der Waals surface area contributed by atoms with Crippen LogP contribution in [0.2, 0.25) is 0 Å². The molecule has 0 unspecified atom stereocenters. The maximum atomic E-state index is 12.2. The number of hydrogen-bond acceptors (Lipinski definition) is 3. The number of ether oxygens (including phenoxy) is 1.